The molecule has 3 aromatic carbocycles. The predicted molar refractivity (Wildman–Crippen MR) is 154 cm³/mol. The van der Waals surface area contributed by atoms with Crippen LogP contribution in [0, 0.1) is 6.92 Å². The number of hydrogen-bond acceptors (Lipinski definition) is 6. The number of fused-ring (bicyclic) bond motifs is 1. The second kappa shape index (κ2) is 11.7. The van der Waals surface area contributed by atoms with Crippen molar-refractivity contribution in [3.05, 3.63) is 77.5 Å². The second-order valence-corrected chi connectivity index (χ2v) is 10.2. The summed E-state index contributed by atoms with van der Waals surface area (Å²) < 4.78 is 46.9. The third kappa shape index (κ3) is 6.43. The third-order valence-electron chi connectivity index (χ3n) is 7.36. The Morgan fingerprint density at radius 3 is 2.71 bits per heavy atom. The van der Waals surface area contributed by atoms with Crippen LogP contribution in [-0.2, 0) is 6.18 Å². The molecule has 1 saturated heterocycles. The van der Waals surface area contributed by atoms with Gasteiger partial charge in [-0.25, -0.2) is 9.97 Å². The third-order valence-corrected chi connectivity index (χ3v) is 7.36. The number of hydrogen-bond donors (Lipinski definition) is 2. The van der Waals surface area contributed by atoms with E-state index in [2.05, 4.69) is 32.4 Å². The minimum atomic E-state index is -4.60. The molecular weight excluding hydrogens is 531 g/mol. The first-order chi connectivity index (χ1) is 19.6. The molecule has 1 amide bonds. The number of rotatable bonds is 7. The number of nitrogens with zero attached hydrogens (tertiary/aromatic N) is 3. The molecule has 1 aliphatic rings. The van der Waals surface area contributed by atoms with E-state index in [4.69, 9.17) is 4.74 Å². The number of carbonyl (C=O) groups is 1. The minimum absolute atomic E-state index is 0.140. The molecule has 2 N–H and O–H groups in total. The number of likely N-dealkylation sites (tertiary alicyclic amines) is 1. The van der Waals surface area contributed by atoms with Gasteiger partial charge in [0, 0.05) is 30.9 Å². The molecule has 1 fully saturated rings. The van der Waals surface area contributed by atoms with Crippen molar-refractivity contribution in [1.82, 2.24) is 14.9 Å². The number of aromatic nitrogens is 2. The molecule has 1 atom stereocenters. The molecule has 41 heavy (non-hydrogen) atoms. The number of benzene rings is 3. The number of piperidine rings is 1. The van der Waals surface area contributed by atoms with Gasteiger partial charge < -0.3 is 15.4 Å². The summed E-state index contributed by atoms with van der Waals surface area (Å²) in [7, 11) is 1.75. The molecule has 1 aliphatic heterocycles. The van der Waals surface area contributed by atoms with Gasteiger partial charge in [-0.2, -0.15) is 13.2 Å². The molecule has 0 spiro atoms. The Hall–Kier alpha value is -4.18. The fourth-order valence-electron chi connectivity index (χ4n) is 5.09. The monoisotopic (exact) mass is 563 g/mol. The Labute approximate surface area is 236 Å². The molecule has 1 unspecified atom stereocenters. The van der Waals surface area contributed by atoms with Gasteiger partial charge in [-0.15, -0.1) is 0 Å². The van der Waals surface area contributed by atoms with Gasteiger partial charge >= 0.3 is 6.18 Å². The van der Waals surface area contributed by atoms with Crippen molar-refractivity contribution in [1.29, 1.82) is 0 Å². The van der Waals surface area contributed by atoms with E-state index in [0.717, 1.165) is 65.7 Å². The van der Waals surface area contributed by atoms with E-state index < -0.39 is 17.6 Å². The van der Waals surface area contributed by atoms with E-state index in [1.165, 1.54) is 6.07 Å². The van der Waals surface area contributed by atoms with Crippen LogP contribution in [0.25, 0.3) is 22.0 Å². The maximum atomic E-state index is 13.6. The number of aryl methyl sites for hydroxylation is 1. The zero-order valence-electron chi connectivity index (χ0n) is 23.2. The number of likely N-dealkylation sites (N-methyl/N-ethyl adjacent to an activating group) is 1. The Kier molecular flexibility index (Phi) is 8.12. The first-order valence-electron chi connectivity index (χ1n) is 13.6. The van der Waals surface area contributed by atoms with E-state index >= 15 is 0 Å². The fourth-order valence-corrected chi connectivity index (χ4v) is 5.09. The Morgan fingerprint density at radius 2 is 1.95 bits per heavy atom. The zero-order valence-corrected chi connectivity index (χ0v) is 23.2. The lowest BCUT2D eigenvalue weighted by atomic mass is 9.98. The van der Waals surface area contributed by atoms with Gasteiger partial charge in [-0.1, -0.05) is 19.1 Å². The van der Waals surface area contributed by atoms with Gasteiger partial charge in [0.05, 0.1) is 16.6 Å². The highest BCUT2D eigenvalue weighted by Gasteiger charge is 2.33. The van der Waals surface area contributed by atoms with Crippen LogP contribution < -0.4 is 15.4 Å². The minimum Gasteiger partial charge on any atom is -0.488 e. The van der Waals surface area contributed by atoms with Crippen molar-refractivity contribution in [3.63, 3.8) is 0 Å². The quantitative estimate of drug-likeness (QED) is 0.258. The maximum Gasteiger partial charge on any atom is 0.416 e. The Bertz CT molecular complexity index is 1570. The summed E-state index contributed by atoms with van der Waals surface area (Å²) in [6.07, 6.45) is -1.38. The number of nitrogens with one attached hydrogen (secondary N) is 2. The largest absolute Gasteiger partial charge is 0.488 e. The molecule has 0 radical (unpaired) electrons. The lowest BCUT2D eigenvalue weighted by Crippen LogP contribution is -2.41. The molecule has 1 aromatic heterocycles. The van der Waals surface area contributed by atoms with Crippen LogP contribution in [-0.4, -0.2) is 53.6 Å². The van der Waals surface area contributed by atoms with Crippen LogP contribution in [0.5, 0.6) is 5.75 Å². The number of alkyl halides is 3. The van der Waals surface area contributed by atoms with E-state index in [-0.39, 0.29) is 17.4 Å². The highest BCUT2D eigenvalue weighted by molar-refractivity contribution is 6.06. The summed E-state index contributed by atoms with van der Waals surface area (Å²) in [5.74, 6) is -0.00733. The molecule has 5 rings (SSSR count). The average Bonchev–Trinajstić information content (AvgIpc) is 2.97. The SMILES string of the molecule is CCN1CCCC(Oc2ccc(C(F)(F)F)cc2C(=O)Nc2ccc(C)c(-c3ccc4nc(NC)ncc4c3)c2)C1. The van der Waals surface area contributed by atoms with Crippen LogP contribution in [0.2, 0.25) is 0 Å². The maximum absolute atomic E-state index is 13.6. The van der Waals surface area contributed by atoms with Crippen molar-refractivity contribution in [2.45, 2.75) is 39.0 Å². The van der Waals surface area contributed by atoms with E-state index in [0.29, 0.717) is 18.2 Å². The summed E-state index contributed by atoms with van der Waals surface area (Å²) in [6.45, 7) is 6.48. The van der Waals surface area contributed by atoms with Crippen LogP contribution in [0.1, 0.15) is 41.3 Å². The number of carbonyl (C=O) groups excluding carboxylic acids is 1. The van der Waals surface area contributed by atoms with Crippen LogP contribution in [0.4, 0.5) is 24.8 Å². The van der Waals surface area contributed by atoms with Crippen LogP contribution in [0.3, 0.4) is 0 Å². The van der Waals surface area contributed by atoms with E-state index in [1.54, 1.807) is 19.3 Å². The molecule has 0 saturated carbocycles. The van der Waals surface area contributed by atoms with Crippen molar-refractivity contribution in [2.24, 2.45) is 0 Å². The van der Waals surface area contributed by atoms with Crippen molar-refractivity contribution >= 4 is 28.4 Å². The molecule has 214 valence electrons. The topological polar surface area (TPSA) is 79.4 Å². The standard InChI is InChI=1S/C31H32F3N5O2/c1-4-39-13-5-6-24(18-39)41-28-12-9-22(31(32,33)34)15-26(28)29(40)37-23-10-7-19(2)25(16-23)20-8-11-27-21(14-20)17-36-30(35-3)38-27/h7-12,14-17,24H,4-6,13,18H2,1-3H3,(H,37,40)(H,35,36,38). The molecule has 0 bridgehead atoms. The molecular formula is C31H32F3N5O2. The Morgan fingerprint density at radius 1 is 1.12 bits per heavy atom. The number of anilines is 2. The summed E-state index contributed by atoms with van der Waals surface area (Å²) in [6, 6.07) is 14.3. The normalized spacial score (nSPS) is 16.0. The van der Waals surface area contributed by atoms with Gasteiger partial charge in [0.15, 0.2) is 0 Å². The fraction of sp³-hybridized carbons (Fsp3) is 0.323. The lowest BCUT2D eigenvalue weighted by Gasteiger charge is -2.32. The molecule has 7 nitrogen and oxygen atoms in total. The van der Waals surface area contributed by atoms with E-state index in [1.807, 2.05) is 37.3 Å². The number of halogens is 3. The highest BCUT2D eigenvalue weighted by Crippen LogP contribution is 2.35. The zero-order chi connectivity index (χ0) is 29.1. The Balaban J connectivity index is 1.44. The molecule has 2 heterocycles. The first kappa shape index (κ1) is 28.4. The molecule has 0 aliphatic carbocycles. The molecule has 4 aromatic rings. The predicted octanol–water partition coefficient (Wildman–Crippen LogP) is 6.78. The summed E-state index contributed by atoms with van der Waals surface area (Å²) >= 11 is 0. The smallest absolute Gasteiger partial charge is 0.416 e. The summed E-state index contributed by atoms with van der Waals surface area (Å²) in [5.41, 5.74) is 2.91. The number of amides is 1. The summed E-state index contributed by atoms with van der Waals surface area (Å²) in [5, 5.41) is 6.57. The highest BCUT2D eigenvalue weighted by atomic mass is 19.4. The summed E-state index contributed by atoms with van der Waals surface area (Å²) in [4.78, 5) is 24.4. The second-order valence-electron chi connectivity index (χ2n) is 10.2. The van der Waals surface area contributed by atoms with Crippen molar-refractivity contribution < 1.29 is 22.7 Å². The van der Waals surface area contributed by atoms with Crippen LogP contribution in [0.15, 0.2) is 60.8 Å². The van der Waals surface area contributed by atoms with Crippen molar-refractivity contribution in [3.8, 4) is 16.9 Å². The first-order valence-corrected chi connectivity index (χ1v) is 13.6. The van der Waals surface area contributed by atoms with Gasteiger partial charge in [0.2, 0.25) is 5.95 Å². The van der Waals surface area contributed by atoms with Gasteiger partial charge in [0.25, 0.3) is 5.91 Å². The van der Waals surface area contributed by atoms with Gasteiger partial charge in [-0.05, 0) is 92.0 Å². The van der Waals surface area contributed by atoms with Gasteiger partial charge in [0.1, 0.15) is 11.9 Å². The van der Waals surface area contributed by atoms with Gasteiger partial charge in [-0.3, -0.25) is 9.69 Å². The van der Waals surface area contributed by atoms with Crippen molar-refractivity contribution in [2.75, 3.05) is 37.3 Å². The molecule has 10 heteroatoms. The number of ether oxygens (including phenoxy) is 1. The van der Waals surface area contributed by atoms with E-state index in [9.17, 15) is 18.0 Å². The average molecular weight is 564 g/mol. The van der Waals surface area contributed by atoms with Crippen LogP contribution >= 0.6 is 0 Å². The lowest BCUT2D eigenvalue weighted by molar-refractivity contribution is -0.137.